The predicted molar refractivity (Wildman–Crippen MR) is 65.1 cm³/mol. The van der Waals surface area contributed by atoms with Crippen LogP contribution in [-0.2, 0) is 11.3 Å². The van der Waals surface area contributed by atoms with Gasteiger partial charge in [0.25, 0.3) is 0 Å². The Labute approximate surface area is 105 Å². The molecule has 0 radical (unpaired) electrons. The average molecular weight is 254 g/mol. The van der Waals surface area contributed by atoms with Gasteiger partial charge in [-0.25, -0.2) is 4.79 Å². The molecule has 7 heteroatoms. The van der Waals surface area contributed by atoms with E-state index in [2.05, 4.69) is 15.7 Å². The van der Waals surface area contributed by atoms with Crippen molar-refractivity contribution in [1.82, 2.24) is 20.4 Å². The van der Waals surface area contributed by atoms with Gasteiger partial charge >= 0.3 is 12.0 Å². The monoisotopic (exact) mass is 254 g/mol. The lowest BCUT2D eigenvalue weighted by Gasteiger charge is -2.12. The summed E-state index contributed by atoms with van der Waals surface area (Å²) in [5.74, 6) is -0.929. The average Bonchev–Trinajstić information content (AvgIpc) is 2.75. The summed E-state index contributed by atoms with van der Waals surface area (Å²) < 4.78 is 1.78. The molecule has 1 aromatic heterocycles. The standard InChI is InChI=1S/C11H18N4O3/c1-9(8-10(16)17)14-11(18)12-4-2-6-15-7-3-5-13-15/h3,5,7,9H,2,4,6,8H2,1H3,(H,16,17)(H2,12,14,18). The van der Waals surface area contributed by atoms with Crippen molar-refractivity contribution >= 4 is 12.0 Å². The number of carbonyl (C=O) groups excluding carboxylic acids is 1. The molecule has 18 heavy (non-hydrogen) atoms. The van der Waals surface area contributed by atoms with Crippen molar-refractivity contribution in [3.05, 3.63) is 18.5 Å². The van der Waals surface area contributed by atoms with Gasteiger partial charge in [-0.3, -0.25) is 9.48 Å². The van der Waals surface area contributed by atoms with Crippen molar-refractivity contribution in [1.29, 1.82) is 0 Å². The Balaban J connectivity index is 2.08. The molecule has 0 aromatic carbocycles. The number of aliphatic carboxylic acids is 1. The molecule has 0 spiro atoms. The van der Waals surface area contributed by atoms with E-state index in [1.54, 1.807) is 17.8 Å². The van der Waals surface area contributed by atoms with Gasteiger partial charge in [-0.1, -0.05) is 0 Å². The molecule has 2 amide bonds. The van der Waals surface area contributed by atoms with Crippen LogP contribution in [0.25, 0.3) is 0 Å². The van der Waals surface area contributed by atoms with Crippen LogP contribution in [0, 0.1) is 0 Å². The van der Waals surface area contributed by atoms with E-state index in [0.717, 1.165) is 13.0 Å². The first-order valence-electron chi connectivity index (χ1n) is 5.81. The fraction of sp³-hybridized carbons (Fsp3) is 0.545. The zero-order valence-corrected chi connectivity index (χ0v) is 10.3. The van der Waals surface area contributed by atoms with Crippen LogP contribution in [0.4, 0.5) is 4.79 Å². The van der Waals surface area contributed by atoms with Crippen LogP contribution in [0.15, 0.2) is 18.5 Å². The highest BCUT2D eigenvalue weighted by Gasteiger charge is 2.09. The van der Waals surface area contributed by atoms with Gasteiger partial charge in [0.2, 0.25) is 0 Å². The molecule has 1 aromatic rings. The highest BCUT2D eigenvalue weighted by molar-refractivity contribution is 5.75. The van der Waals surface area contributed by atoms with Gasteiger partial charge in [0.15, 0.2) is 0 Å². The van der Waals surface area contributed by atoms with E-state index in [1.165, 1.54) is 0 Å². The van der Waals surface area contributed by atoms with Crippen molar-refractivity contribution in [2.24, 2.45) is 0 Å². The number of hydrogen-bond acceptors (Lipinski definition) is 3. The van der Waals surface area contributed by atoms with E-state index in [0.29, 0.717) is 6.54 Å². The first-order chi connectivity index (χ1) is 8.58. The molecule has 1 heterocycles. The largest absolute Gasteiger partial charge is 0.481 e. The maximum absolute atomic E-state index is 11.4. The number of nitrogens with zero attached hydrogens (tertiary/aromatic N) is 2. The molecule has 0 aliphatic heterocycles. The first-order valence-corrected chi connectivity index (χ1v) is 5.81. The molecule has 0 bridgehead atoms. The zero-order chi connectivity index (χ0) is 13.4. The summed E-state index contributed by atoms with van der Waals surface area (Å²) in [7, 11) is 0. The van der Waals surface area contributed by atoms with Crippen LogP contribution < -0.4 is 10.6 Å². The number of rotatable bonds is 7. The number of aromatic nitrogens is 2. The van der Waals surface area contributed by atoms with E-state index < -0.39 is 5.97 Å². The first kappa shape index (κ1) is 14.0. The molecular weight excluding hydrogens is 236 g/mol. The summed E-state index contributed by atoms with van der Waals surface area (Å²) in [6.07, 6.45) is 4.24. The van der Waals surface area contributed by atoms with Crippen LogP contribution in [0.1, 0.15) is 19.8 Å². The molecule has 0 saturated carbocycles. The second-order valence-corrected chi connectivity index (χ2v) is 4.02. The van der Waals surface area contributed by atoms with Gasteiger partial charge in [0, 0.05) is 31.5 Å². The van der Waals surface area contributed by atoms with Gasteiger partial charge in [-0.2, -0.15) is 5.10 Å². The third-order valence-corrected chi connectivity index (χ3v) is 2.27. The number of carboxylic acid groups (broad SMARTS) is 1. The number of nitrogens with one attached hydrogen (secondary N) is 2. The van der Waals surface area contributed by atoms with Crippen molar-refractivity contribution in [3.63, 3.8) is 0 Å². The Bertz CT molecular complexity index is 378. The lowest BCUT2D eigenvalue weighted by atomic mass is 10.2. The highest BCUT2D eigenvalue weighted by Crippen LogP contribution is 1.90. The van der Waals surface area contributed by atoms with E-state index in [1.807, 2.05) is 12.3 Å². The third-order valence-electron chi connectivity index (χ3n) is 2.27. The maximum Gasteiger partial charge on any atom is 0.315 e. The van der Waals surface area contributed by atoms with Gasteiger partial charge in [-0.05, 0) is 19.4 Å². The second kappa shape index (κ2) is 7.31. The SMILES string of the molecule is CC(CC(=O)O)NC(=O)NCCCn1cccn1. The molecule has 0 fully saturated rings. The zero-order valence-electron chi connectivity index (χ0n) is 10.3. The summed E-state index contributed by atoms with van der Waals surface area (Å²) in [5, 5.41) is 17.8. The number of aryl methyl sites for hydroxylation is 1. The van der Waals surface area contributed by atoms with Crippen LogP contribution in [-0.4, -0.2) is 39.5 Å². The molecule has 1 rings (SSSR count). The summed E-state index contributed by atoms with van der Waals surface area (Å²) in [4.78, 5) is 21.8. The number of amides is 2. The van der Waals surface area contributed by atoms with Crippen LogP contribution in [0.3, 0.4) is 0 Å². The quantitative estimate of drug-likeness (QED) is 0.615. The Hall–Kier alpha value is -2.05. The lowest BCUT2D eigenvalue weighted by molar-refractivity contribution is -0.137. The van der Waals surface area contributed by atoms with Crippen LogP contribution >= 0.6 is 0 Å². The third kappa shape index (κ3) is 5.88. The molecule has 0 saturated heterocycles. The maximum atomic E-state index is 11.4. The Kier molecular flexibility index (Phi) is 5.69. The van der Waals surface area contributed by atoms with E-state index >= 15 is 0 Å². The van der Waals surface area contributed by atoms with Crippen LogP contribution in [0.5, 0.6) is 0 Å². The molecule has 7 nitrogen and oxygen atoms in total. The summed E-state index contributed by atoms with van der Waals surface area (Å²) >= 11 is 0. The van der Waals surface area contributed by atoms with Gasteiger partial charge in [0.1, 0.15) is 0 Å². The van der Waals surface area contributed by atoms with Crippen molar-refractivity contribution < 1.29 is 14.7 Å². The Morgan fingerprint density at radius 1 is 1.50 bits per heavy atom. The van der Waals surface area contributed by atoms with Crippen molar-refractivity contribution in [2.45, 2.75) is 32.4 Å². The number of urea groups is 1. The lowest BCUT2D eigenvalue weighted by Crippen LogP contribution is -2.42. The van der Waals surface area contributed by atoms with Crippen molar-refractivity contribution in [3.8, 4) is 0 Å². The molecular formula is C11H18N4O3. The molecule has 0 aliphatic carbocycles. The molecule has 0 aliphatic rings. The van der Waals surface area contributed by atoms with E-state index in [-0.39, 0.29) is 18.5 Å². The van der Waals surface area contributed by atoms with E-state index in [9.17, 15) is 9.59 Å². The van der Waals surface area contributed by atoms with Crippen molar-refractivity contribution in [2.75, 3.05) is 6.54 Å². The van der Waals surface area contributed by atoms with Gasteiger partial charge < -0.3 is 15.7 Å². The van der Waals surface area contributed by atoms with Gasteiger partial charge in [-0.15, -0.1) is 0 Å². The minimum absolute atomic E-state index is 0.0826. The number of carboxylic acids is 1. The topological polar surface area (TPSA) is 96.3 Å². The fourth-order valence-electron chi connectivity index (χ4n) is 1.46. The minimum atomic E-state index is -0.929. The minimum Gasteiger partial charge on any atom is -0.481 e. The number of carbonyl (C=O) groups is 2. The van der Waals surface area contributed by atoms with Gasteiger partial charge in [0.05, 0.1) is 6.42 Å². The molecule has 3 N–H and O–H groups in total. The number of hydrogen-bond donors (Lipinski definition) is 3. The molecule has 1 unspecified atom stereocenters. The van der Waals surface area contributed by atoms with E-state index in [4.69, 9.17) is 5.11 Å². The Morgan fingerprint density at radius 3 is 2.89 bits per heavy atom. The molecule has 100 valence electrons. The summed E-state index contributed by atoms with van der Waals surface area (Å²) in [5.41, 5.74) is 0. The second-order valence-electron chi connectivity index (χ2n) is 4.02. The summed E-state index contributed by atoms with van der Waals surface area (Å²) in [6, 6.07) is 1.12. The highest BCUT2D eigenvalue weighted by atomic mass is 16.4. The predicted octanol–water partition coefficient (Wildman–Crippen LogP) is 0.436. The summed E-state index contributed by atoms with van der Waals surface area (Å²) in [6.45, 7) is 2.90. The smallest absolute Gasteiger partial charge is 0.315 e. The van der Waals surface area contributed by atoms with Crippen LogP contribution in [0.2, 0.25) is 0 Å². The molecule has 1 atom stereocenters. The Morgan fingerprint density at radius 2 is 2.28 bits per heavy atom. The normalized spacial score (nSPS) is 11.8. The fourth-order valence-corrected chi connectivity index (χ4v) is 1.46.